The fourth-order valence-electron chi connectivity index (χ4n) is 1.97. The van der Waals surface area contributed by atoms with Gasteiger partial charge in [0.15, 0.2) is 0 Å². The molecule has 0 heterocycles. The molecule has 0 saturated carbocycles. The van der Waals surface area contributed by atoms with Crippen molar-refractivity contribution in [2.45, 2.75) is 24.3 Å². The van der Waals surface area contributed by atoms with Crippen molar-refractivity contribution < 1.29 is 9.50 Å². The van der Waals surface area contributed by atoms with Crippen LogP contribution in [-0.2, 0) is 6.42 Å². The second-order valence-electron chi connectivity index (χ2n) is 4.46. The van der Waals surface area contributed by atoms with Crippen molar-refractivity contribution in [3.8, 4) is 0 Å². The van der Waals surface area contributed by atoms with E-state index in [-0.39, 0.29) is 5.82 Å². The first kappa shape index (κ1) is 15.5. The van der Waals surface area contributed by atoms with Crippen LogP contribution in [0.4, 0.5) is 4.39 Å². The Labute approximate surface area is 131 Å². The molecule has 0 bridgehead atoms. The maximum absolute atomic E-state index is 13.0. The van der Waals surface area contributed by atoms with Crippen molar-refractivity contribution in [1.82, 2.24) is 0 Å². The zero-order chi connectivity index (χ0) is 14.5. The van der Waals surface area contributed by atoms with Gasteiger partial charge in [0.1, 0.15) is 5.82 Å². The molecule has 106 valence electrons. The van der Waals surface area contributed by atoms with Crippen molar-refractivity contribution in [3.05, 3.63) is 63.9 Å². The van der Waals surface area contributed by atoms with Crippen LogP contribution in [0.25, 0.3) is 0 Å². The molecule has 0 radical (unpaired) electrons. The second-order valence-corrected chi connectivity index (χ2v) is 6.65. The quantitative estimate of drug-likeness (QED) is 0.764. The summed E-state index contributed by atoms with van der Waals surface area (Å²) in [5.41, 5.74) is 1.77. The summed E-state index contributed by atoms with van der Waals surface area (Å²) in [5.74, 6) is 0.751. The summed E-state index contributed by atoms with van der Waals surface area (Å²) < 4.78 is 13.7. The lowest BCUT2D eigenvalue weighted by Gasteiger charge is -2.13. The van der Waals surface area contributed by atoms with Crippen LogP contribution in [0.1, 0.15) is 24.2 Å². The van der Waals surface area contributed by atoms with E-state index in [0.29, 0.717) is 10.9 Å². The van der Waals surface area contributed by atoms with Gasteiger partial charge in [-0.05, 0) is 41.1 Å². The molecule has 0 aliphatic rings. The molecule has 0 aliphatic carbocycles. The fourth-order valence-corrected chi connectivity index (χ4v) is 3.14. The minimum Gasteiger partial charge on any atom is -0.388 e. The molecule has 0 aromatic heterocycles. The molecule has 1 nitrogen and oxygen atoms in total. The Balaban J connectivity index is 2.09. The minimum absolute atomic E-state index is 0.281. The van der Waals surface area contributed by atoms with Gasteiger partial charge in [-0.25, -0.2) is 4.39 Å². The van der Waals surface area contributed by atoms with E-state index in [1.807, 2.05) is 24.3 Å². The number of hydrogen-bond donors (Lipinski definition) is 1. The lowest BCUT2D eigenvalue weighted by Crippen LogP contribution is -2.02. The number of rotatable bonds is 5. The highest BCUT2D eigenvalue weighted by molar-refractivity contribution is 9.10. The Bertz CT molecular complexity index is 571. The zero-order valence-electron chi connectivity index (χ0n) is 11.1. The van der Waals surface area contributed by atoms with Gasteiger partial charge in [0.05, 0.1) is 6.10 Å². The van der Waals surface area contributed by atoms with Gasteiger partial charge in [-0.15, -0.1) is 11.8 Å². The maximum Gasteiger partial charge on any atom is 0.124 e. The summed E-state index contributed by atoms with van der Waals surface area (Å²) in [4.78, 5) is 1.20. The largest absolute Gasteiger partial charge is 0.388 e. The molecule has 0 amide bonds. The number of benzene rings is 2. The van der Waals surface area contributed by atoms with Gasteiger partial charge in [0, 0.05) is 15.8 Å². The molecular formula is C16H16BrFOS. The smallest absolute Gasteiger partial charge is 0.124 e. The topological polar surface area (TPSA) is 20.2 Å². The van der Waals surface area contributed by atoms with Crippen molar-refractivity contribution in [2.24, 2.45) is 0 Å². The van der Waals surface area contributed by atoms with Gasteiger partial charge in [0.25, 0.3) is 0 Å². The highest BCUT2D eigenvalue weighted by Gasteiger charge is 2.11. The normalized spacial score (nSPS) is 12.4. The monoisotopic (exact) mass is 354 g/mol. The fraction of sp³-hybridized carbons (Fsp3) is 0.250. The molecule has 4 heteroatoms. The van der Waals surface area contributed by atoms with Crippen LogP contribution in [0.2, 0.25) is 0 Å². The Morgan fingerprint density at radius 1 is 1.20 bits per heavy atom. The van der Waals surface area contributed by atoms with E-state index < -0.39 is 6.10 Å². The third kappa shape index (κ3) is 4.08. The molecule has 2 rings (SSSR count). The lowest BCUT2D eigenvalue weighted by molar-refractivity contribution is 0.178. The van der Waals surface area contributed by atoms with Crippen molar-refractivity contribution in [2.75, 3.05) is 5.75 Å². The van der Waals surface area contributed by atoms with Gasteiger partial charge < -0.3 is 5.11 Å². The number of hydrogen-bond acceptors (Lipinski definition) is 2. The number of thioether (sulfide) groups is 1. The molecule has 0 spiro atoms. The van der Waals surface area contributed by atoms with E-state index in [9.17, 15) is 9.50 Å². The molecule has 1 unspecified atom stereocenters. The minimum atomic E-state index is -0.586. The third-order valence-corrected chi connectivity index (χ3v) is 4.64. The van der Waals surface area contributed by atoms with E-state index >= 15 is 0 Å². The molecule has 20 heavy (non-hydrogen) atoms. The van der Waals surface area contributed by atoms with E-state index in [1.54, 1.807) is 17.8 Å². The summed E-state index contributed by atoms with van der Waals surface area (Å²) in [6, 6.07) is 12.5. The molecule has 2 aromatic rings. The van der Waals surface area contributed by atoms with Gasteiger partial charge >= 0.3 is 0 Å². The van der Waals surface area contributed by atoms with Crippen LogP contribution in [0.3, 0.4) is 0 Å². The number of aliphatic hydroxyl groups excluding tert-OH is 1. The molecule has 0 saturated heterocycles. The first-order chi connectivity index (χ1) is 9.60. The molecular weight excluding hydrogens is 339 g/mol. The summed E-state index contributed by atoms with van der Waals surface area (Å²) in [6.07, 6.45) is -0.126. The average Bonchev–Trinajstić information content (AvgIpc) is 2.43. The number of halogens is 2. The summed E-state index contributed by atoms with van der Waals surface area (Å²) in [6.45, 7) is 2.11. The predicted molar refractivity (Wildman–Crippen MR) is 85.6 cm³/mol. The van der Waals surface area contributed by atoms with E-state index in [0.717, 1.165) is 16.9 Å². The van der Waals surface area contributed by atoms with Crippen molar-refractivity contribution in [3.63, 3.8) is 0 Å². The maximum atomic E-state index is 13.0. The second kappa shape index (κ2) is 7.25. The number of aliphatic hydroxyl groups is 1. The van der Waals surface area contributed by atoms with Gasteiger partial charge in [-0.3, -0.25) is 0 Å². The third-order valence-electron chi connectivity index (χ3n) is 3.00. The van der Waals surface area contributed by atoms with E-state index in [1.165, 1.54) is 17.0 Å². The Morgan fingerprint density at radius 3 is 2.50 bits per heavy atom. The zero-order valence-corrected chi connectivity index (χ0v) is 13.5. The van der Waals surface area contributed by atoms with Crippen LogP contribution >= 0.6 is 27.7 Å². The summed E-state index contributed by atoms with van der Waals surface area (Å²) in [5, 5.41) is 10.3. The van der Waals surface area contributed by atoms with Crippen LogP contribution in [0.5, 0.6) is 0 Å². The predicted octanol–water partition coefficient (Wildman–Crippen LogP) is 4.98. The molecule has 1 atom stereocenters. The SMILES string of the molecule is CCSc1ccc(C(O)Cc2ccc(F)cc2Br)cc1. The highest BCUT2D eigenvalue weighted by atomic mass is 79.9. The lowest BCUT2D eigenvalue weighted by atomic mass is 10.0. The molecule has 0 aliphatic heterocycles. The van der Waals surface area contributed by atoms with Gasteiger partial charge in [-0.2, -0.15) is 0 Å². The van der Waals surface area contributed by atoms with Crippen molar-refractivity contribution >= 4 is 27.7 Å². The molecule has 1 N–H and O–H groups in total. The first-order valence-corrected chi connectivity index (χ1v) is 8.22. The van der Waals surface area contributed by atoms with Gasteiger partial charge in [0.2, 0.25) is 0 Å². The average molecular weight is 355 g/mol. The molecule has 0 fully saturated rings. The first-order valence-electron chi connectivity index (χ1n) is 6.45. The van der Waals surface area contributed by atoms with Crippen LogP contribution < -0.4 is 0 Å². The molecule has 2 aromatic carbocycles. The highest BCUT2D eigenvalue weighted by Crippen LogP contribution is 2.26. The van der Waals surface area contributed by atoms with Crippen LogP contribution in [0.15, 0.2) is 51.8 Å². The van der Waals surface area contributed by atoms with Crippen LogP contribution in [-0.4, -0.2) is 10.9 Å². The Kier molecular flexibility index (Phi) is 5.64. The van der Waals surface area contributed by atoms with Crippen molar-refractivity contribution in [1.29, 1.82) is 0 Å². The van der Waals surface area contributed by atoms with E-state index in [4.69, 9.17) is 0 Å². The Morgan fingerprint density at radius 2 is 1.90 bits per heavy atom. The van der Waals surface area contributed by atoms with Gasteiger partial charge in [-0.1, -0.05) is 41.1 Å². The van der Waals surface area contributed by atoms with Crippen LogP contribution in [0, 0.1) is 5.82 Å². The Hall–Kier alpha value is -0.840. The van der Waals surface area contributed by atoms with E-state index in [2.05, 4.69) is 22.9 Å². The standard InChI is InChI=1S/C16H16BrFOS/c1-2-20-14-7-4-11(5-8-14)16(19)9-12-3-6-13(18)10-15(12)17/h3-8,10,16,19H,2,9H2,1H3. The summed E-state index contributed by atoms with van der Waals surface area (Å²) >= 11 is 5.10. The summed E-state index contributed by atoms with van der Waals surface area (Å²) in [7, 11) is 0.